The maximum atomic E-state index is 12.0. The second-order valence-electron chi connectivity index (χ2n) is 5.59. The van der Waals surface area contributed by atoms with E-state index in [0.29, 0.717) is 18.2 Å². The normalized spacial score (nSPS) is 11.2. The average molecular weight is 289 g/mol. The minimum Gasteiger partial charge on any atom is -0.464 e. The van der Waals surface area contributed by atoms with Crippen LogP contribution in [0, 0.1) is 5.92 Å². The number of nitrogen functional groups attached to an aromatic ring is 1. The van der Waals surface area contributed by atoms with Crippen molar-refractivity contribution >= 4 is 22.7 Å². The number of carbonyl (C=O) groups is 1. The van der Waals surface area contributed by atoms with E-state index in [1.165, 1.54) is 0 Å². The molecule has 0 spiro atoms. The van der Waals surface area contributed by atoms with Gasteiger partial charge in [-0.15, -0.1) is 0 Å². The molecule has 0 unspecified atom stereocenters. The molecule has 0 aliphatic heterocycles. The van der Waals surface area contributed by atoms with Crippen LogP contribution in [0.25, 0.3) is 11.0 Å². The van der Waals surface area contributed by atoms with Gasteiger partial charge < -0.3 is 15.0 Å². The summed E-state index contributed by atoms with van der Waals surface area (Å²) in [5.74, 6) is 1.15. The summed E-state index contributed by atoms with van der Waals surface area (Å²) in [5.41, 5.74) is 8.21. The summed E-state index contributed by atoms with van der Waals surface area (Å²) in [6, 6.07) is 5.62. The van der Waals surface area contributed by atoms with Gasteiger partial charge >= 0.3 is 5.97 Å². The molecule has 114 valence electrons. The molecule has 1 aromatic carbocycles. The fourth-order valence-electron chi connectivity index (χ4n) is 2.25. The number of aromatic nitrogens is 2. The van der Waals surface area contributed by atoms with Gasteiger partial charge in [-0.1, -0.05) is 26.8 Å². The van der Waals surface area contributed by atoms with E-state index in [1.807, 2.05) is 29.7 Å². The van der Waals surface area contributed by atoms with Crippen LogP contribution in [0.5, 0.6) is 0 Å². The summed E-state index contributed by atoms with van der Waals surface area (Å²) in [4.78, 5) is 16.5. The summed E-state index contributed by atoms with van der Waals surface area (Å²) in [6.45, 7) is 6.87. The van der Waals surface area contributed by atoms with E-state index < -0.39 is 0 Å². The van der Waals surface area contributed by atoms with Crippen molar-refractivity contribution in [3.05, 3.63) is 24.0 Å². The number of benzene rings is 1. The van der Waals surface area contributed by atoms with Gasteiger partial charge in [-0.3, -0.25) is 4.79 Å². The maximum absolute atomic E-state index is 12.0. The van der Waals surface area contributed by atoms with Crippen molar-refractivity contribution in [1.82, 2.24) is 9.55 Å². The van der Waals surface area contributed by atoms with E-state index in [1.54, 1.807) is 0 Å². The lowest BCUT2D eigenvalue weighted by Gasteiger charge is -2.09. The van der Waals surface area contributed by atoms with Crippen LogP contribution in [0.2, 0.25) is 0 Å². The van der Waals surface area contributed by atoms with E-state index in [9.17, 15) is 4.79 Å². The number of hydrogen-bond donors (Lipinski definition) is 1. The second-order valence-corrected chi connectivity index (χ2v) is 5.59. The maximum Gasteiger partial charge on any atom is 0.326 e. The number of nitrogens with zero attached hydrogens (tertiary/aromatic N) is 2. The first kappa shape index (κ1) is 15.4. The van der Waals surface area contributed by atoms with Crippen LogP contribution < -0.4 is 5.73 Å². The first-order valence-electron chi connectivity index (χ1n) is 7.42. The summed E-state index contributed by atoms with van der Waals surface area (Å²) in [6.07, 6.45) is 1.62. The Labute approximate surface area is 125 Å². The number of ether oxygens (including phenoxy) is 1. The molecule has 2 N–H and O–H groups in total. The van der Waals surface area contributed by atoms with E-state index in [4.69, 9.17) is 10.5 Å². The molecular weight excluding hydrogens is 266 g/mol. The Morgan fingerprint density at radius 3 is 2.86 bits per heavy atom. The topological polar surface area (TPSA) is 70.1 Å². The fraction of sp³-hybridized carbons (Fsp3) is 0.500. The van der Waals surface area contributed by atoms with Crippen LogP contribution >= 0.6 is 0 Å². The molecule has 0 aliphatic carbocycles. The second kappa shape index (κ2) is 6.61. The summed E-state index contributed by atoms with van der Waals surface area (Å²) in [5, 5.41) is 0. The molecule has 0 saturated carbocycles. The summed E-state index contributed by atoms with van der Waals surface area (Å²) < 4.78 is 7.18. The van der Waals surface area contributed by atoms with Gasteiger partial charge in [0.05, 0.1) is 17.8 Å². The third-order valence-electron chi connectivity index (χ3n) is 3.45. The average Bonchev–Trinajstić information content (AvgIpc) is 2.78. The Kier molecular flexibility index (Phi) is 4.83. The standard InChI is InChI=1S/C16H23N3O2/c1-4-14-18-16-12(17)6-5-7-13(16)19(14)10-15(20)21-9-8-11(2)3/h5-7,11H,4,8-10,17H2,1-3H3. The number of fused-ring (bicyclic) bond motifs is 1. The molecule has 0 atom stereocenters. The van der Waals surface area contributed by atoms with E-state index in [2.05, 4.69) is 18.8 Å². The van der Waals surface area contributed by atoms with E-state index in [-0.39, 0.29) is 12.5 Å². The van der Waals surface area contributed by atoms with Crippen LogP contribution in [0.15, 0.2) is 18.2 Å². The van der Waals surface area contributed by atoms with Crippen LogP contribution in [0.4, 0.5) is 5.69 Å². The number of rotatable bonds is 6. The zero-order valence-electron chi connectivity index (χ0n) is 12.9. The molecule has 1 aromatic heterocycles. The SMILES string of the molecule is CCc1nc2c(N)cccc2n1CC(=O)OCCC(C)C. The lowest BCUT2D eigenvalue weighted by atomic mass is 10.1. The smallest absolute Gasteiger partial charge is 0.326 e. The third kappa shape index (κ3) is 3.54. The minimum atomic E-state index is -0.230. The zero-order chi connectivity index (χ0) is 15.4. The van der Waals surface area contributed by atoms with Gasteiger partial charge in [0.1, 0.15) is 17.9 Å². The summed E-state index contributed by atoms with van der Waals surface area (Å²) >= 11 is 0. The monoisotopic (exact) mass is 289 g/mol. The van der Waals surface area contributed by atoms with Crippen LogP contribution in [0.3, 0.4) is 0 Å². The Morgan fingerprint density at radius 1 is 1.43 bits per heavy atom. The van der Waals surface area contributed by atoms with Gasteiger partial charge in [0, 0.05) is 6.42 Å². The molecule has 0 amide bonds. The van der Waals surface area contributed by atoms with E-state index in [0.717, 1.165) is 29.7 Å². The summed E-state index contributed by atoms with van der Waals surface area (Å²) in [7, 11) is 0. The first-order valence-corrected chi connectivity index (χ1v) is 7.42. The zero-order valence-corrected chi connectivity index (χ0v) is 12.9. The van der Waals surface area contributed by atoms with Gasteiger partial charge in [-0.2, -0.15) is 0 Å². The number of nitrogens with two attached hydrogens (primary N) is 1. The van der Waals surface area contributed by atoms with E-state index >= 15 is 0 Å². The van der Waals surface area contributed by atoms with Crippen LogP contribution in [0.1, 0.15) is 33.0 Å². The minimum absolute atomic E-state index is 0.182. The molecule has 0 aliphatic rings. The van der Waals surface area contributed by atoms with Gasteiger partial charge in [-0.25, -0.2) is 4.98 Å². The molecule has 2 rings (SSSR count). The van der Waals surface area contributed by atoms with Gasteiger partial charge in [0.15, 0.2) is 0 Å². The molecule has 21 heavy (non-hydrogen) atoms. The Bertz CT molecular complexity index is 632. The van der Waals surface area contributed by atoms with Crippen molar-refractivity contribution in [3.63, 3.8) is 0 Å². The van der Waals surface area contributed by atoms with Crippen LogP contribution in [-0.2, 0) is 22.5 Å². The van der Waals surface area contributed by atoms with Gasteiger partial charge in [-0.05, 0) is 24.5 Å². The molecule has 5 nitrogen and oxygen atoms in total. The molecule has 0 radical (unpaired) electrons. The predicted octanol–water partition coefficient (Wildman–Crippen LogP) is 2.77. The fourth-order valence-corrected chi connectivity index (χ4v) is 2.25. The quantitative estimate of drug-likeness (QED) is 0.655. The van der Waals surface area contributed by atoms with Crippen molar-refractivity contribution in [1.29, 1.82) is 0 Å². The number of anilines is 1. The Balaban J connectivity index is 2.17. The number of aryl methyl sites for hydroxylation is 1. The molecule has 2 aromatic rings. The highest BCUT2D eigenvalue weighted by atomic mass is 16.5. The van der Waals surface area contributed by atoms with Gasteiger partial charge in [0.25, 0.3) is 0 Å². The molecule has 5 heteroatoms. The highest BCUT2D eigenvalue weighted by molar-refractivity contribution is 5.88. The molecule has 0 fully saturated rings. The highest BCUT2D eigenvalue weighted by Crippen LogP contribution is 2.22. The number of carbonyl (C=O) groups excluding carboxylic acids is 1. The third-order valence-corrected chi connectivity index (χ3v) is 3.45. The molecular formula is C16H23N3O2. The number of imidazole rings is 1. The Hall–Kier alpha value is -2.04. The number of esters is 1. The molecule has 1 heterocycles. The van der Waals surface area contributed by atoms with Crippen LogP contribution in [-0.4, -0.2) is 22.1 Å². The molecule has 0 bridgehead atoms. The molecule has 0 saturated heterocycles. The van der Waals surface area contributed by atoms with Crippen molar-refractivity contribution in [2.24, 2.45) is 5.92 Å². The van der Waals surface area contributed by atoms with Crippen molar-refractivity contribution < 1.29 is 9.53 Å². The largest absolute Gasteiger partial charge is 0.464 e. The Morgan fingerprint density at radius 2 is 2.19 bits per heavy atom. The van der Waals surface area contributed by atoms with Crippen molar-refractivity contribution in [3.8, 4) is 0 Å². The predicted molar refractivity (Wildman–Crippen MR) is 83.9 cm³/mol. The number of para-hydroxylation sites is 1. The lowest BCUT2D eigenvalue weighted by molar-refractivity contribution is -0.144. The van der Waals surface area contributed by atoms with Crippen molar-refractivity contribution in [2.75, 3.05) is 12.3 Å². The van der Waals surface area contributed by atoms with Gasteiger partial charge in [0.2, 0.25) is 0 Å². The lowest BCUT2D eigenvalue weighted by Crippen LogP contribution is -2.16. The first-order chi connectivity index (χ1) is 10.0. The number of hydrogen-bond acceptors (Lipinski definition) is 4. The van der Waals surface area contributed by atoms with Crippen molar-refractivity contribution in [2.45, 2.75) is 40.2 Å². The highest BCUT2D eigenvalue weighted by Gasteiger charge is 2.14.